The molecular formula is C23H26N4O2. The lowest BCUT2D eigenvalue weighted by atomic mass is 10.1. The van der Waals surface area contributed by atoms with Crippen LogP contribution >= 0.6 is 0 Å². The molecule has 0 fully saturated rings. The third-order valence-corrected chi connectivity index (χ3v) is 4.56. The first-order chi connectivity index (χ1) is 14.1. The number of nitrogens with zero attached hydrogens (tertiary/aromatic N) is 2. The van der Waals surface area contributed by atoms with E-state index in [4.69, 9.17) is 4.74 Å². The van der Waals surface area contributed by atoms with E-state index in [2.05, 4.69) is 15.6 Å². The van der Waals surface area contributed by atoms with Gasteiger partial charge in [-0.2, -0.15) is 0 Å². The zero-order chi connectivity index (χ0) is 20.6. The van der Waals surface area contributed by atoms with Gasteiger partial charge in [0, 0.05) is 44.4 Å². The number of benzene rings is 2. The van der Waals surface area contributed by atoms with Crippen molar-refractivity contribution in [3.05, 3.63) is 78.1 Å². The van der Waals surface area contributed by atoms with Crippen molar-refractivity contribution in [1.82, 2.24) is 4.98 Å². The summed E-state index contributed by atoms with van der Waals surface area (Å²) in [5, 5.41) is 6.23. The average Bonchev–Trinajstić information content (AvgIpc) is 2.74. The van der Waals surface area contributed by atoms with E-state index in [1.54, 1.807) is 25.6 Å². The molecule has 3 aromatic rings. The number of ether oxygens (including phenoxy) is 1. The molecule has 0 spiro atoms. The standard InChI is InChI=1S/C23H26N4O2/c1-27(2)21-10-8-19(9-11-21)26-23(28)18-14-20(16-24-15-18)25-13-12-17-6-4-5-7-22(17)29-3/h4-11,14-16,25H,12-13H2,1-3H3,(H,26,28). The molecule has 0 saturated heterocycles. The molecule has 0 atom stereocenters. The van der Waals surface area contributed by atoms with E-state index in [0.717, 1.165) is 34.8 Å². The van der Waals surface area contributed by atoms with E-state index in [9.17, 15) is 4.79 Å². The lowest BCUT2D eigenvalue weighted by Gasteiger charge is -2.13. The first kappa shape index (κ1) is 20.2. The van der Waals surface area contributed by atoms with Crippen molar-refractivity contribution in [2.75, 3.05) is 43.3 Å². The summed E-state index contributed by atoms with van der Waals surface area (Å²) in [7, 11) is 5.63. The first-order valence-corrected chi connectivity index (χ1v) is 9.46. The Balaban J connectivity index is 1.59. The van der Waals surface area contributed by atoms with Crippen LogP contribution < -0.4 is 20.3 Å². The van der Waals surface area contributed by atoms with Crippen LogP contribution in [0.25, 0.3) is 0 Å². The minimum absolute atomic E-state index is 0.191. The molecule has 2 aromatic carbocycles. The number of para-hydroxylation sites is 1. The number of carbonyl (C=O) groups is 1. The molecule has 0 saturated carbocycles. The number of hydrogen-bond donors (Lipinski definition) is 2. The second kappa shape index (κ2) is 9.59. The molecule has 0 aliphatic heterocycles. The number of pyridine rings is 1. The Bertz CT molecular complexity index is 955. The maximum Gasteiger partial charge on any atom is 0.257 e. The molecule has 2 N–H and O–H groups in total. The van der Waals surface area contributed by atoms with Gasteiger partial charge in [0.2, 0.25) is 0 Å². The first-order valence-electron chi connectivity index (χ1n) is 9.46. The number of carbonyl (C=O) groups excluding carboxylic acids is 1. The normalized spacial score (nSPS) is 10.3. The number of rotatable bonds is 8. The highest BCUT2D eigenvalue weighted by Crippen LogP contribution is 2.19. The smallest absolute Gasteiger partial charge is 0.257 e. The highest BCUT2D eigenvalue weighted by Gasteiger charge is 2.08. The van der Waals surface area contributed by atoms with E-state index < -0.39 is 0 Å². The van der Waals surface area contributed by atoms with Gasteiger partial charge in [0.15, 0.2) is 0 Å². The molecule has 0 unspecified atom stereocenters. The molecule has 6 nitrogen and oxygen atoms in total. The Morgan fingerprint density at radius 3 is 2.52 bits per heavy atom. The number of methoxy groups -OCH3 is 1. The predicted octanol–water partition coefficient (Wildman–Crippen LogP) is 4.06. The Morgan fingerprint density at radius 2 is 1.79 bits per heavy atom. The summed E-state index contributed by atoms with van der Waals surface area (Å²) >= 11 is 0. The SMILES string of the molecule is COc1ccccc1CCNc1cncc(C(=O)Nc2ccc(N(C)C)cc2)c1. The van der Waals surface area contributed by atoms with Gasteiger partial charge in [0.05, 0.1) is 18.4 Å². The van der Waals surface area contributed by atoms with Crippen molar-refractivity contribution in [2.45, 2.75) is 6.42 Å². The van der Waals surface area contributed by atoms with Crippen LogP contribution in [0.5, 0.6) is 5.75 Å². The number of anilines is 3. The van der Waals surface area contributed by atoms with E-state index in [-0.39, 0.29) is 5.91 Å². The third kappa shape index (κ3) is 5.48. The van der Waals surface area contributed by atoms with E-state index in [1.807, 2.05) is 67.5 Å². The van der Waals surface area contributed by atoms with E-state index in [1.165, 1.54) is 0 Å². The summed E-state index contributed by atoms with van der Waals surface area (Å²) in [5.74, 6) is 0.685. The zero-order valence-electron chi connectivity index (χ0n) is 17.0. The lowest BCUT2D eigenvalue weighted by molar-refractivity contribution is 0.102. The van der Waals surface area contributed by atoms with Crippen LogP contribution in [-0.2, 0) is 6.42 Å². The van der Waals surface area contributed by atoms with Crippen molar-refractivity contribution in [2.24, 2.45) is 0 Å². The molecule has 1 aromatic heterocycles. The highest BCUT2D eigenvalue weighted by atomic mass is 16.5. The van der Waals surface area contributed by atoms with Gasteiger partial charge < -0.3 is 20.3 Å². The van der Waals surface area contributed by atoms with Crippen LogP contribution in [0.4, 0.5) is 17.1 Å². The van der Waals surface area contributed by atoms with Crippen molar-refractivity contribution < 1.29 is 9.53 Å². The van der Waals surface area contributed by atoms with Gasteiger partial charge in [-0.15, -0.1) is 0 Å². The predicted molar refractivity (Wildman–Crippen MR) is 118 cm³/mol. The van der Waals surface area contributed by atoms with Gasteiger partial charge in [0.25, 0.3) is 5.91 Å². The van der Waals surface area contributed by atoms with Crippen LogP contribution in [0.2, 0.25) is 0 Å². The second-order valence-corrected chi connectivity index (χ2v) is 6.85. The van der Waals surface area contributed by atoms with Gasteiger partial charge in [-0.05, 0) is 48.4 Å². The quantitative estimate of drug-likeness (QED) is 0.607. The summed E-state index contributed by atoms with van der Waals surface area (Å²) in [5.41, 5.74) is 4.26. The van der Waals surface area contributed by atoms with Crippen LogP contribution in [0, 0.1) is 0 Å². The maximum absolute atomic E-state index is 12.6. The molecule has 3 rings (SSSR count). The molecule has 0 radical (unpaired) electrons. The maximum atomic E-state index is 12.6. The van der Waals surface area contributed by atoms with Crippen molar-refractivity contribution in [3.8, 4) is 5.75 Å². The summed E-state index contributed by atoms with van der Waals surface area (Å²) < 4.78 is 5.38. The second-order valence-electron chi connectivity index (χ2n) is 6.85. The highest BCUT2D eigenvalue weighted by molar-refractivity contribution is 6.04. The monoisotopic (exact) mass is 390 g/mol. The molecule has 6 heteroatoms. The molecule has 29 heavy (non-hydrogen) atoms. The summed E-state index contributed by atoms with van der Waals surface area (Å²) in [6, 6.07) is 17.4. The van der Waals surface area contributed by atoms with E-state index in [0.29, 0.717) is 12.1 Å². The van der Waals surface area contributed by atoms with Gasteiger partial charge >= 0.3 is 0 Å². The van der Waals surface area contributed by atoms with E-state index >= 15 is 0 Å². The van der Waals surface area contributed by atoms with Crippen LogP contribution in [0.1, 0.15) is 15.9 Å². The lowest BCUT2D eigenvalue weighted by Crippen LogP contribution is -2.14. The number of aromatic nitrogens is 1. The number of hydrogen-bond acceptors (Lipinski definition) is 5. The Hall–Kier alpha value is -3.54. The van der Waals surface area contributed by atoms with Gasteiger partial charge in [0.1, 0.15) is 5.75 Å². The van der Waals surface area contributed by atoms with Gasteiger partial charge in [-0.25, -0.2) is 0 Å². The molecule has 150 valence electrons. The van der Waals surface area contributed by atoms with Crippen molar-refractivity contribution in [1.29, 1.82) is 0 Å². The number of nitrogens with one attached hydrogen (secondary N) is 2. The topological polar surface area (TPSA) is 66.5 Å². The largest absolute Gasteiger partial charge is 0.496 e. The molecule has 0 aliphatic rings. The molecule has 0 aliphatic carbocycles. The Kier molecular flexibility index (Phi) is 6.68. The minimum Gasteiger partial charge on any atom is -0.496 e. The molecular weight excluding hydrogens is 364 g/mol. The number of amides is 1. The fourth-order valence-electron chi connectivity index (χ4n) is 2.96. The Morgan fingerprint density at radius 1 is 1.03 bits per heavy atom. The average molecular weight is 390 g/mol. The van der Waals surface area contributed by atoms with Crippen molar-refractivity contribution >= 4 is 23.0 Å². The molecule has 0 bridgehead atoms. The summed E-state index contributed by atoms with van der Waals surface area (Å²) in [6.45, 7) is 0.707. The summed E-state index contributed by atoms with van der Waals surface area (Å²) in [4.78, 5) is 18.8. The Labute approximate surface area is 171 Å². The zero-order valence-corrected chi connectivity index (χ0v) is 17.0. The van der Waals surface area contributed by atoms with Gasteiger partial charge in [-0.3, -0.25) is 9.78 Å². The van der Waals surface area contributed by atoms with Crippen LogP contribution in [-0.4, -0.2) is 38.6 Å². The summed E-state index contributed by atoms with van der Waals surface area (Å²) in [6.07, 6.45) is 4.08. The minimum atomic E-state index is -0.191. The fourth-order valence-corrected chi connectivity index (χ4v) is 2.96. The third-order valence-electron chi connectivity index (χ3n) is 4.56. The van der Waals surface area contributed by atoms with Crippen molar-refractivity contribution in [3.63, 3.8) is 0 Å². The van der Waals surface area contributed by atoms with Crippen LogP contribution in [0.15, 0.2) is 67.0 Å². The van der Waals surface area contributed by atoms with Gasteiger partial charge in [-0.1, -0.05) is 18.2 Å². The van der Waals surface area contributed by atoms with Crippen LogP contribution in [0.3, 0.4) is 0 Å². The fraction of sp³-hybridized carbons (Fsp3) is 0.217. The molecule has 1 heterocycles. The molecule has 1 amide bonds.